The monoisotopic (exact) mass is 485 g/mol. The van der Waals surface area contributed by atoms with Crippen LogP contribution in [0.2, 0.25) is 0 Å². The van der Waals surface area contributed by atoms with Crippen LogP contribution in [0.4, 0.5) is 4.39 Å². The second-order valence-corrected chi connectivity index (χ2v) is 8.33. The molecule has 1 heterocycles. The first-order chi connectivity index (χ1) is 16.7. The van der Waals surface area contributed by atoms with Crippen LogP contribution in [0.1, 0.15) is 40.4 Å². The van der Waals surface area contributed by atoms with Crippen molar-refractivity contribution >= 4 is 23.7 Å². The maximum Gasteiger partial charge on any atom is 0.305 e. The maximum absolute atomic E-state index is 13.8. The van der Waals surface area contributed by atoms with Crippen molar-refractivity contribution in [1.29, 1.82) is 0 Å². The van der Waals surface area contributed by atoms with Crippen LogP contribution < -0.4 is 5.32 Å². The summed E-state index contributed by atoms with van der Waals surface area (Å²) in [5.41, 5.74) is 1.49. The Morgan fingerprint density at radius 1 is 1.11 bits per heavy atom. The van der Waals surface area contributed by atoms with Gasteiger partial charge in [-0.3, -0.25) is 19.2 Å². The number of carboxylic acids is 1. The number of carbonyl (C=O) groups is 4. The predicted molar refractivity (Wildman–Crippen MR) is 124 cm³/mol. The first kappa shape index (κ1) is 25.8. The minimum atomic E-state index is -1.36. The number of hydrogen-bond acceptors (Lipinski definition) is 5. The number of nitrogens with zero attached hydrogens (tertiary/aromatic N) is 2. The molecular formula is C25H28FN3O6. The zero-order valence-corrected chi connectivity index (χ0v) is 19.6. The Balaban J connectivity index is 1.96. The van der Waals surface area contributed by atoms with Gasteiger partial charge in [0.05, 0.1) is 12.5 Å². The van der Waals surface area contributed by atoms with E-state index in [-0.39, 0.29) is 25.3 Å². The number of rotatable bonds is 8. The number of carbonyl (C=O) groups excluding carboxylic acids is 3. The molecule has 2 N–H and O–H groups in total. The van der Waals surface area contributed by atoms with Crippen molar-refractivity contribution in [3.63, 3.8) is 0 Å². The van der Waals surface area contributed by atoms with Crippen LogP contribution in [-0.4, -0.2) is 71.6 Å². The normalized spacial score (nSPS) is 16.5. The molecule has 2 aromatic rings. The molecule has 2 unspecified atom stereocenters. The number of ether oxygens (including phenoxy) is 1. The summed E-state index contributed by atoms with van der Waals surface area (Å²) < 4.78 is 18.7. The van der Waals surface area contributed by atoms with E-state index in [1.165, 1.54) is 35.1 Å². The molecular weight excluding hydrogens is 457 g/mol. The van der Waals surface area contributed by atoms with Gasteiger partial charge in [-0.15, -0.1) is 0 Å². The third-order valence-electron chi connectivity index (χ3n) is 5.68. The van der Waals surface area contributed by atoms with Crippen molar-refractivity contribution in [3.8, 4) is 0 Å². The van der Waals surface area contributed by atoms with Gasteiger partial charge in [0.2, 0.25) is 0 Å². The van der Waals surface area contributed by atoms with Crippen LogP contribution in [-0.2, 0) is 19.1 Å². The molecule has 9 nitrogen and oxygen atoms in total. The van der Waals surface area contributed by atoms with Crippen LogP contribution in [0.3, 0.4) is 0 Å². The third kappa shape index (κ3) is 6.42. The fraction of sp³-hybridized carbons (Fsp3) is 0.360. The third-order valence-corrected chi connectivity index (χ3v) is 5.68. The van der Waals surface area contributed by atoms with Gasteiger partial charge in [-0.2, -0.15) is 0 Å². The molecule has 0 bridgehead atoms. The summed E-state index contributed by atoms with van der Waals surface area (Å²) in [4.78, 5) is 53.6. The fourth-order valence-corrected chi connectivity index (χ4v) is 4.13. The molecule has 1 fully saturated rings. The highest BCUT2D eigenvalue weighted by Crippen LogP contribution is 2.23. The summed E-state index contributed by atoms with van der Waals surface area (Å²) >= 11 is 0. The zero-order valence-electron chi connectivity index (χ0n) is 19.6. The van der Waals surface area contributed by atoms with E-state index in [0.29, 0.717) is 12.0 Å². The highest BCUT2D eigenvalue weighted by Gasteiger charge is 2.41. The van der Waals surface area contributed by atoms with Gasteiger partial charge in [-0.1, -0.05) is 35.9 Å². The molecule has 2 aromatic carbocycles. The summed E-state index contributed by atoms with van der Waals surface area (Å²) in [7, 11) is 1.34. The molecule has 0 spiro atoms. The van der Waals surface area contributed by atoms with Gasteiger partial charge in [0.15, 0.2) is 6.17 Å². The zero-order chi connectivity index (χ0) is 25.5. The van der Waals surface area contributed by atoms with Gasteiger partial charge in [0.1, 0.15) is 12.4 Å². The number of carboxylic acid groups (broad SMARTS) is 1. The van der Waals surface area contributed by atoms with E-state index in [4.69, 9.17) is 4.74 Å². The van der Waals surface area contributed by atoms with E-state index in [0.717, 1.165) is 11.6 Å². The van der Waals surface area contributed by atoms with Crippen molar-refractivity contribution < 1.29 is 33.4 Å². The summed E-state index contributed by atoms with van der Waals surface area (Å²) in [5, 5.41) is 12.1. The predicted octanol–water partition coefficient (Wildman–Crippen LogP) is 2.11. The lowest BCUT2D eigenvalue weighted by Gasteiger charge is -2.43. The lowest BCUT2D eigenvalue weighted by atomic mass is 10.0. The van der Waals surface area contributed by atoms with Gasteiger partial charge >= 0.3 is 5.97 Å². The van der Waals surface area contributed by atoms with Crippen molar-refractivity contribution in [3.05, 3.63) is 71.0 Å². The van der Waals surface area contributed by atoms with E-state index < -0.39 is 48.1 Å². The van der Waals surface area contributed by atoms with Crippen molar-refractivity contribution in [1.82, 2.24) is 15.1 Å². The maximum atomic E-state index is 13.8. The second kappa shape index (κ2) is 11.6. The summed E-state index contributed by atoms with van der Waals surface area (Å²) in [6.07, 6.45) is -1.36. The smallest absolute Gasteiger partial charge is 0.305 e. The first-order valence-electron chi connectivity index (χ1n) is 11.1. The molecule has 186 valence electrons. The fourth-order valence-electron chi connectivity index (χ4n) is 4.13. The number of benzene rings is 2. The summed E-state index contributed by atoms with van der Waals surface area (Å²) in [6.45, 7) is 1.89. The number of amides is 3. The van der Waals surface area contributed by atoms with Crippen molar-refractivity contribution in [2.24, 2.45) is 0 Å². The molecule has 3 amide bonds. The number of hydrogen-bond donors (Lipinski definition) is 2. The molecule has 0 aliphatic carbocycles. The molecule has 1 aliphatic heterocycles. The molecule has 1 aliphatic rings. The van der Waals surface area contributed by atoms with Crippen molar-refractivity contribution in [2.75, 3.05) is 26.8 Å². The highest BCUT2D eigenvalue weighted by molar-refractivity contribution is 5.99. The second-order valence-electron chi connectivity index (χ2n) is 8.33. The lowest BCUT2D eigenvalue weighted by Crippen LogP contribution is -2.64. The number of aryl methyl sites for hydroxylation is 1. The number of halogens is 1. The number of aliphatic carboxylic acids is 1. The Bertz CT molecular complexity index is 1110. The first-order valence-corrected chi connectivity index (χ1v) is 11.1. The Kier molecular flexibility index (Phi) is 8.53. The Morgan fingerprint density at radius 2 is 1.83 bits per heavy atom. The molecule has 35 heavy (non-hydrogen) atoms. The van der Waals surface area contributed by atoms with E-state index >= 15 is 0 Å². The lowest BCUT2D eigenvalue weighted by molar-refractivity contribution is -0.152. The number of nitrogens with one attached hydrogen (secondary N) is 1. The Hall–Kier alpha value is -3.79. The van der Waals surface area contributed by atoms with Gasteiger partial charge < -0.3 is 25.0 Å². The van der Waals surface area contributed by atoms with Crippen LogP contribution in [0, 0.1) is 12.7 Å². The summed E-state index contributed by atoms with van der Waals surface area (Å²) in [5.74, 6) is -3.58. The molecule has 0 saturated carbocycles. The molecule has 3 rings (SSSR count). The molecule has 1 saturated heterocycles. The van der Waals surface area contributed by atoms with Gasteiger partial charge in [0.25, 0.3) is 17.7 Å². The molecule has 0 radical (unpaired) electrons. The van der Waals surface area contributed by atoms with Gasteiger partial charge in [-0.05, 0) is 37.1 Å². The molecule has 10 heteroatoms. The van der Waals surface area contributed by atoms with Crippen molar-refractivity contribution in [2.45, 2.75) is 32.0 Å². The molecule has 2 atom stereocenters. The van der Waals surface area contributed by atoms with Gasteiger partial charge in [0, 0.05) is 25.8 Å². The van der Waals surface area contributed by atoms with Crippen LogP contribution in [0.5, 0.6) is 0 Å². The number of methoxy groups -OCH3 is 1. The van der Waals surface area contributed by atoms with Crippen LogP contribution in [0.25, 0.3) is 0 Å². The van der Waals surface area contributed by atoms with E-state index in [2.05, 4.69) is 5.32 Å². The van der Waals surface area contributed by atoms with E-state index in [1.807, 2.05) is 13.0 Å². The molecule has 0 aromatic heterocycles. The Labute approximate surface area is 202 Å². The average molecular weight is 486 g/mol. The minimum Gasteiger partial charge on any atom is -0.481 e. The van der Waals surface area contributed by atoms with Crippen LogP contribution in [0.15, 0.2) is 48.5 Å². The summed E-state index contributed by atoms with van der Waals surface area (Å²) in [6, 6.07) is 11.2. The topological polar surface area (TPSA) is 116 Å². The van der Waals surface area contributed by atoms with Crippen LogP contribution >= 0.6 is 0 Å². The van der Waals surface area contributed by atoms with Gasteiger partial charge in [-0.25, -0.2) is 4.39 Å². The van der Waals surface area contributed by atoms with E-state index in [1.54, 1.807) is 18.2 Å². The minimum absolute atomic E-state index is 0.0320. The van der Waals surface area contributed by atoms with E-state index in [9.17, 15) is 28.7 Å². The largest absolute Gasteiger partial charge is 0.481 e. The SMILES string of the molecule is COCC(=O)N1CCCN(C(=O)c2cccc(F)c2)C1C(=O)NC(CC(=O)O)c1cccc(C)c1. The highest BCUT2D eigenvalue weighted by atomic mass is 19.1. The average Bonchev–Trinajstić information content (AvgIpc) is 2.82. The standard InChI is InChI=1S/C25H28FN3O6/c1-16-6-3-7-17(12-16)20(14-22(31)32)27-23(33)24-28(21(30)15-35-2)10-5-11-29(24)25(34)18-8-4-9-19(26)13-18/h3-4,6-9,12-13,20,24H,5,10-11,14-15H2,1-2H3,(H,27,33)(H,31,32). The Morgan fingerprint density at radius 3 is 2.49 bits per heavy atom. The quantitative estimate of drug-likeness (QED) is 0.592.